The summed E-state index contributed by atoms with van der Waals surface area (Å²) < 4.78 is 12.3. The number of allylic oxidation sites excluding steroid dienone is 2. The van der Waals surface area contributed by atoms with E-state index in [1.54, 1.807) is 6.07 Å². The van der Waals surface area contributed by atoms with Gasteiger partial charge in [-0.3, -0.25) is 9.59 Å². The second kappa shape index (κ2) is 7.96. The number of benzene rings is 2. The molecule has 2 fully saturated rings. The minimum atomic E-state index is -0.398. The van der Waals surface area contributed by atoms with Gasteiger partial charge in [-0.2, -0.15) is 0 Å². The normalized spacial score (nSPS) is 31.9. The van der Waals surface area contributed by atoms with Crippen molar-refractivity contribution in [1.82, 2.24) is 0 Å². The Bertz CT molecular complexity index is 1410. The van der Waals surface area contributed by atoms with Crippen LogP contribution in [0.4, 0.5) is 5.69 Å². The fourth-order valence-corrected chi connectivity index (χ4v) is 7.90. The number of hydrogen-bond acceptors (Lipinski definition) is 6. The van der Waals surface area contributed by atoms with Crippen LogP contribution < -0.4 is 14.8 Å². The summed E-state index contributed by atoms with van der Waals surface area (Å²) in [5, 5.41) is 14.2. The van der Waals surface area contributed by atoms with Crippen LogP contribution in [0.1, 0.15) is 42.1 Å². The van der Waals surface area contributed by atoms with Gasteiger partial charge in [0, 0.05) is 42.0 Å². The molecule has 4 aliphatic heterocycles. The third kappa shape index (κ3) is 2.98. The quantitative estimate of drug-likeness (QED) is 0.216. The number of ketones is 1. The summed E-state index contributed by atoms with van der Waals surface area (Å²) in [7, 11) is 0. The molecule has 1 spiro atoms. The molecule has 7 nitrogen and oxygen atoms in total. The number of carbonyl (C=O) groups is 2. The minimum Gasteiger partial charge on any atom is -0.506 e. The highest BCUT2D eigenvalue weighted by molar-refractivity contribution is 5.98. The lowest BCUT2D eigenvalue weighted by Crippen LogP contribution is -2.64. The number of Topliss-reactive ketones (excluding diaryl/α,β-unsaturated/α-hetero) is 1. The monoisotopic (exact) mass is 499 g/mol. The molecule has 0 saturated carbocycles. The van der Waals surface area contributed by atoms with Crippen molar-refractivity contribution in [3.8, 4) is 17.2 Å². The smallest absolute Gasteiger partial charge is 0.217 e. The van der Waals surface area contributed by atoms with E-state index in [1.807, 2.05) is 31.2 Å². The number of hydrogen-bond donors (Lipinski definition) is 2. The maximum Gasteiger partial charge on any atom is 0.217 e. The Morgan fingerprint density at radius 2 is 2.05 bits per heavy atom. The molecular formula is C30H31N2O5+. The Kier molecular flexibility index (Phi) is 4.86. The Labute approximate surface area is 216 Å². The van der Waals surface area contributed by atoms with Crippen molar-refractivity contribution < 1.29 is 28.7 Å². The van der Waals surface area contributed by atoms with E-state index >= 15 is 0 Å². The number of quaternary nitrogens is 1. The third-order valence-electron chi connectivity index (χ3n) is 9.49. The maximum absolute atomic E-state index is 13.9. The van der Waals surface area contributed by atoms with Crippen LogP contribution in [-0.4, -0.2) is 60.5 Å². The van der Waals surface area contributed by atoms with Crippen LogP contribution in [0.25, 0.3) is 0 Å². The Morgan fingerprint density at radius 1 is 1.22 bits per heavy atom. The molecule has 2 N–H and O–H groups in total. The lowest BCUT2D eigenvalue weighted by atomic mass is 9.61. The average molecular weight is 500 g/mol. The second-order valence-corrected chi connectivity index (χ2v) is 11.1. The van der Waals surface area contributed by atoms with E-state index in [0.29, 0.717) is 47.0 Å². The predicted octanol–water partition coefficient (Wildman–Crippen LogP) is 4.12. The number of nitrogens with one attached hydrogen (secondary N) is 1. The number of carbonyl (C=O) groups excluding carboxylic acids is 2. The number of fused-ring (bicyclic) bond motifs is 3. The molecule has 5 aliphatic rings. The van der Waals surface area contributed by atoms with E-state index in [2.05, 4.69) is 17.5 Å². The summed E-state index contributed by atoms with van der Waals surface area (Å²) in [6, 6.07) is 11.3. The van der Waals surface area contributed by atoms with Crippen molar-refractivity contribution in [2.75, 3.05) is 38.2 Å². The number of phenolic OH excluding ortho intramolecular Hbond substituents is 1. The summed E-state index contributed by atoms with van der Waals surface area (Å²) in [5.41, 5.74) is 4.96. The second-order valence-electron chi connectivity index (χ2n) is 11.1. The zero-order valence-electron chi connectivity index (χ0n) is 21.0. The molecule has 37 heavy (non-hydrogen) atoms. The zero-order chi connectivity index (χ0) is 25.4. The summed E-state index contributed by atoms with van der Waals surface area (Å²) in [6.07, 6.45) is 5.61. The van der Waals surface area contributed by atoms with Gasteiger partial charge >= 0.3 is 0 Å². The van der Waals surface area contributed by atoms with Gasteiger partial charge in [-0.05, 0) is 42.3 Å². The van der Waals surface area contributed by atoms with Gasteiger partial charge in [-0.25, -0.2) is 0 Å². The maximum atomic E-state index is 13.9. The number of para-hydroxylation sites is 1. The predicted molar refractivity (Wildman–Crippen MR) is 138 cm³/mol. The van der Waals surface area contributed by atoms with Crippen LogP contribution in [-0.2, 0) is 10.2 Å². The highest BCUT2D eigenvalue weighted by Crippen LogP contribution is 2.64. The fourth-order valence-electron chi connectivity index (χ4n) is 7.90. The van der Waals surface area contributed by atoms with Gasteiger partial charge in [0.25, 0.3) is 0 Å². The van der Waals surface area contributed by atoms with E-state index < -0.39 is 5.41 Å². The molecule has 4 atom stereocenters. The summed E-state index contributed by atoms with van der Waals surface area (Å²) in [5.74, 6) is 1.66. The van der Waals surface area contributed by atoms with Gasteiger partial charge in [0.15, 0.2) is 11.5 Å². The van der Waals surface area contributed by atoms with Crippen molar-refractivity contribution in [2.45, 2.75) is 37.6 Å². The highest BCUT2D eigenvalue weighted by atomic mass is 16.5. The van der Waals surface area contributed by atoms with Gasteiger partial charge in [-0.1, -0.05) is 18.2 Å². The number of anilines is 1. The van der Waals surface area contributed by atoms with Crippen molar-refractivity contribution in [1.29, 1.82) is 0 Å². The molecule has 2 aromatic carbocycles. The summed E-state index contributed by atoms with van der Waals surface area (Å²) in [6.45, 7) is 5.19. The highest BCUT2D eigenvalue weighted by Gasteiger charge is 2.69. The molecule has 0 amide bonds. The van der Waals surface area contributed by atoms with Crippen LogP contribution in [0, 0.1) is 5.92 Å². The summed E-state index contributed by atoms with van der Waals surface area (Å²) >= 11 is 0. The molecule has 2 saturated heterocycles. The first-order valence-corrected chi connectivity index (χ1v) is 13.2. The largest absolute Gasteiger partial charge is 0.506 e. The lowest BCUT2D eigenvalue weighted by Gasteiger charge is -2.53. The van der Waals surface area contributed by atoms with Crippen LogP contribution in [0.2, 0.25) is 0 Å². The Balaban J connectivity index is 1.33. The topological polar surface area (TPSA) is 84.9 Å². The van der Waals surface area contributed by atoms with Crippen molar-refractivity contribution in [3.05, 3.63) is 70.4 Å². The molecular weight excluding hydrogens is 468 g/mol. The number of piperidine rings is 1. The van der Waals surface area contributed by atoms with Gasteiger partial charge in [0.05, 0.1) is 30.9 Å². The molecule has 190 valence electrons. The van der Waals surface area contributed by atoms with Crippen LogP contribution in [0.15, 0.2) is 59.3 Å². The van der Waals surface area contributed by atoms with E-state index in [9.17, 15) is 14.7 Å². The molecule has 0 aromatic heterocycles. The molecule has 2 aromatic rings. The summed E-state index contributed by atoms with van der Waals surface area (Å²) in [4.78, 5) is 26.4. The van der Waals surface area contributed by atoms with Crippen molar-refractivity contribution in [3.63, 3.8) is 0 Å². The molecule has 1 unspecified atom stereocenters. The number of phenols is 1. The lowest BCUT2D eigenvalue weighted by molar-refractivity contribution is -0.934. The number of aromatic hydroxyl groups is 1. The first kappa shape index (κ1) is 22.6. The minimum absolute atomic E-state index is 0.0390. The molecule has 1 aliphatic carbocycles. The molecule has 7 rings (SSSR count). The number of ether oxygens (including phenoxy) is 2. The molecule has 7 heteroatoms. The standard InChI is InChI=1S/C30H30N2O5/c1-2-18-15-32(16-24(35)19-7-8-25-26(13-19)37-12-4-11-36-25)10-9-30-22-5-3-6-23(34)28(22)31-29(30)21(17-33)20(18)14-27(30)32/h2-3,5-8,13,17,20,27H,4,9-12,14-16H2,1H3,(H-,31,33,34)/p+1/b18-2-/t20-,27+,30+,32?/m0/s1. The Morgan fingerprint density at radius 3 is 2.86 bits per heavy atom. The fraction of sp³-hybridized carbons (Fsp3) is 0.400. The SMILES string of the molecule is C/C=C1/C[N+]2(CC(=O)c3ccc4c(c3)OCCCO4)CC[C@]34C(=C(C=O)[C@H]1C[C@H]32)Nc1c(O)cccc14. The van der Waals surface area contributed by atoms with Crippen molar-refractivity contribution in [2.24, 2.45) is 5.92 Å². The van der Waals surface area contributed by atoms with Crippen LogP contribution >= 0.6 is 0 Å². The average Bonchev–Trinajstić information content (AvgIpc) is 3.32. The number of aldehydes is 1. The third-order valence-corrected chi connectivity index (χ3v) is 9.49. The van der Waals surface area contributed by atoms with Gasteiger partial charge in [0.2, 0.25) is 5.78 Å². The van der Waals surface area contributed by atoms with Gasteiger partial charge in [0.1, 0.15) is 31.2 Å². The van der Waals surface area contributed by atoms with E-state index in [1.165, 1.54) is 5.57 Å². The molecule has 0 radical (unpaired) electrons. The first-order chi connectivity index (χ1) is 18.0. The number of rotatable bonds is 4. The van der Waals surface area contributed by atoms with E-state index in [-0.39, 0.29) is 23.5 Å². The molecule has 4 heterocycles. The Hall–Kier alpha value is -3.58. The van der Waals surface area contributed by atoms with Gasteiger partial charge in [-0.15, -0.1) is 0 Å². The zero-order valence-corrected chi connectivity index (χ0v) is 21.0. The van der Waals surface area contributed by atoms with Gasteiger partial charge < -0.3 is 24.4 Å². The number of nitrogens with zero attached hydrogens (tertiary/aromatic N) is 1. The van der Waals surface area contributed by atoms with Crippen LogP contribution in [0.3, 0.4) is 0 Å². The van der Waals surface area contributed by atoms with Crippen LogP contribution in [0.5, 0.6) is 17.2 Å². The molecule has 2 bridgehead atoms. The first-order valence-electron chi connectivity index (χ1n) is 13.2. The van der Waals surface area contributed by atoms with Crippen molar-refractivity contribution >= 4 is 17.8 Å². The van der Waals surface area contributed by atoms with E-state index in [0.717, 1.165) is 55.5 Å². The van der Waals surface area contributed by atoms with E-state index in [4.69, 9.17) is 9.47 Å².